The summed E-state index contributed by atoms with van der Waals surface area (Å²) in [6, 6.07) is 0. The van der Waals surface area contributed by atoms with Crippen LogP contribution in [0.15, 0.2) is 0 Å². The van der Waals surface area contributed by atoms with Crippen LogP contribution >= 0.6 is 11.6 Å². The van der Waals surface area contributed by atoms with Crippen molar-refractivity contribution < 1.29 is 9.59 Å². The molecule has 2 aliphatic rings. The van der Waals surface area contributed by atoms with Gasteiger partial charge in [0.2, 0.25) is 11.8 Å². The third-order valence-corrected chi connectivity index (χ3v) is 3.28. The van der Waals surface area contributed by atoms with Crippen LogP contribution in [0.5, 0.6) is 0 Å². The van der Waals surface area contributed by atoms with E-state index in [9.17, 15) is 9.59 Å². The number of hydrogen-bond donors (Lipinski definition) is 0. The fourth-order valence-corrected chi connectivity index (χ4v) is 2.48. The fraction of sp³-hybridized carbons (Fsp3) is 0.800. The average molecular weight is 231 g/mol. The van der Waals surface area contributed by atoms with Crippen LogP contribution in [-0.4, -0.2) is 46.2 Å². The van der Waals surface area contributed by atoms with E-state index in [1.807, 2.05) is 0 Å². The lowest BCUT2D eigenvalue weighted by molar-refractivity contribution is -0.150. The Balaban J connectivity index is 2.14. The lowest BCUT2D eigenvalue weighted by atomic mass is 10.2. The largest absolute Gasteiger partial charge is 0.322 e. The van der Waals surface area contributed by atoms with Crippen molar-refractivity contribution in [3.63, 3.8) is 0 Å². The van der Waals surface area contributed by atoms with Crippen molar-refractivity contribution in [2.75, 3.05) is 13.1 Å². The highest BCUT2D eigenvalue weighted by Crippen LogP contribution is 2.26. The zero-order valence-corrected chi connectivity index (χ0v) is 9.54. The van der Waals surface area contributed by atoms with E-state index in [2.05, 4.69) is 0 Å². The first-order chi connectivity index (χ1) is 7.11. The number of amides is 2. The Kier molecular flexibility index (Phi) is 2.87. The highest BCUT2D eigenvalue weighted by atomic mass is 35.5. The third kappa shape index (κ3) is 1.83. The smallest absolute Gasteiger partial charge is 0.241 e. The van der Waals surface area contributed by atoms with E-state index in [4.69, 9.17) is 11.6 Å². The molecule has 2 amide bonds. The molecule has 0 saturated carbocycles. The molecular formula is C10H15ClN2O2. The molecule has 0 aromatic heterocycles. The molecule has 2 heterocycles. The van der Waals surface area contributed by atoms with Gasteiger partial charge in [0.1, 0.15) is 11.5 Å². The molecule has 84 valence electrons. The van der Waals surface area contributed by atoms with Gasteiger partial charge in [-0.1, -0.05) is 0 Å². The van der Waals surface area contributed by atoms with E-state index in [1.54, 1.807) is 16.7 Å². The maximum absolute atomic E-state index is 11.8. The van der Waals surface area contributed by atoms with E-state index < -0.39 is 5.38 Å². The topological polar surface area (TPSA) is 40.6 Å². The summed E-state index contributed by atoms with van der Waals surface area (Å²) in [6.45, 7) is 2.99. The summed E-state index contributed by atoms with van der Waals surface area (Å²) in [5, 5.41) is -0.499. The van der Waals surface area contributed by atoms with Crippen molar-refractivity contribution in [2.24, 2.45) is 0 Å². The zero-order chi connectivity index (χ0) is 11.0. The second-order valence-electron chi connectivity index (χ2n) is 4.11. The lowest BCUT2D eigenvalue weighted by Gasteiger charge is -2.40. The quantitative estimate of drug-likeness (QED) is 0.625. The fourth-order valence-electron chi connectivity index (χ4n) is 2.36. The number of carbonyl (C=O) groups is 2. The van der Waals surface area contributed by atoms with E-state index in [0.717, 1.165) is 19.4 Å². The molecule has 5 heteroatoms. The summed E-state index contributed by atoms with van der Waals surface area (Å²) >= 11 is 5.79. The first-order valence-electron chi connectivity index (χ1n) is 5.35. The summed E-state index contributed by atoms with van der Waals surface area (Å²) in [7, 11) is 0. The van der Waals surface area contributed by atoms with Gasteiger partial charge in [-0.15, -0.1) is 11.6 Å². The summed E-state index contributed by atoms with van der Waals surface area (Å²) in [5.74, 6) is 0.116. The van der Waals surface area contributed by atoms with Crippen molar-refractivity contribution in [3.8, 4) is 0 Å². The molecule has 0 radical (unpaired) electrons. The number of nitrogens with zero attached hydrogens (tertiary/aromatic N) is 2. The molecular weight excluding hydrogens is 216 g/mol. The number of hydrogen-bond acceptors (Lipinski definition) is 2. The van der Waals surface area contributed by atoms with Gasteiger partial charge in [-0.3, -0.25) is 9.59 Å². The molecule has 0 aromatic carbocycles. The third-order valence-electron chi connectivity index (χ3n) is 3.09. The van der Waals surface area contributed by atoms with Gasteiger partial charge in [-0.2, -0.15) is 0 Å². The maximum Gasteiger partial charge on any atom is 0.241 e. The van der Waals surface area contributed by atoms with Crippen LogP contribution in [0.3, 0.4) is 0 Å². The van der Waals surface area contributed by atoms with E-state index in [0.29, 0.717) is 13.0 Å². The number of carbonyl (C=O) groups excluding carboxylic acids is 2. The molecule has 0 aromatic rings. The Morgan fingerprint density at radius 2 is 2.27 bits per heavy atom. The minimum atomic E-state index is -0.499. The van der Waals surface area contributed by atoms with Gasteiger partial charge < -0.3 is 9.80 Å². The van der Waals surface area contributed by atoms with Crippen molar-refractivity contribution in [3.05, 3.63) is 0 Å². The Labute approximate surface area is 94.2 Å². The van der Waals surface area contributed by atoms with Crippen LogP contribution in [0.4, 0.5) is 0 Å². The molecule has 2 saturated heterocycles. The van der Waals surface area contributed by atoms with Crippen LogP contribution in [0.2, 0.25) is 0 Å². The molecule has 2 unspecified atom stereocenters. The van der Waals surface area contributed by atoms with Gasteiger partial charge in [-0.05, 0) is 19.8 Å². The van der Waals surface area contributed by atoms with Crippen molar-refractivity contribution in [2.45, 2.75) is 37.7 Å². The second kappa shape index (κ2) is 4.00. The highest BCUT2D eigenvalue weighted by Gasteiger charge is 2.39. The highest BCUT2D eigenvalue weighted by molar-refractivity contribution is 6.30. The summed E-state index contributed by atoms with van der Waals surface area (Å²) in [4.78, 5) is 26.9. The predicted molar refractivity (Wildman–Crippen MR) is 56.4 cm³/mol. The molecule has 0 N–H and O–H groups in total. The molecule has 2 rings (SSSR count). The molecule has 2 aliphatic heterocycles. The molecule has 15 heavy (non-hydrogen) atoms. The second-order valence-corrected chi connectivity index (χ2v) is 4.76. The minimum absolute atomic E-state index is 0.0278. The molecule has 0 spiro atoms. The van der Waals surface area contributed by atoms with Crippen molar-refractivity contribution in [1.82, 2.24) is 9.80 Å². The van der Waals surface area contributed by atoms with Gasteiger partial charge in [0.25, 0.3) is 0 Å². The zero-order valence-electron chi connectivity index (χ0n) is 8.78. The SMILES string of the molecule is CC(Cl)C(=O)N1CCC(=O)N2CCCC21. The summed E-state index contributed by atoms with van der Waals surface area (Å²) in [6.07, 6.45) is 2.28. The van der Waals surface area contributed by atoms with Gasteiger partial charge in [-0.25, -0.2) is 0 Å². The summed E-state index contributed by atoms with van der Waals surface area (Å²) < 4.78 is 0. The van der Waals surface area contributed by atoms with Crippen LogP contribution in [0.1, 0.15) is 26.2 Å². The summed E-state index contributed by atoms with van der Waals surface area (Å²) in [5.41, 5.74) is 0. The van der Waals surface area contributed by atoms with Crippen molar-refractivity contribution >= 4 is 23.4 Å². The van der Waals surface area contributed by atoms with E-state index >= 15 is 0 Å². The van der Waals surface area contributed by atoms with Gasteiger partial charge in [0.05, 0.1) is 0 Å². The Morgan fingerprint density at radius 1 is 1.53 bits per heavy atom. The molecule has 2 fully saturated rings. The lowest BCUT2D eigenvalue weighted by Crippen LogP contribution is -2.56. The number of rotatable bonds is 1. The Morgan fingerprint density at radius 3 is 2.93 bits per heavy atom. The Bertz CT molecular complexity index is 293. The molecule has 4 nitrogen and oxygen atoms in total. The van der Waals surface area contributed by atoms with Crippen LogP contribution in [-0.2, 0) is 9.59 Å². The van der Waals surface area contributed by atoms with E-state index in [-0.39, 0.29) is 18.0 Å². The van der Waals surface area contributed by atoms with E-state index in [1.165, 1.54) is 0 Å². The Hall–Kier alpha value is -0.770. The van der Waals surface area contributed by atoms with Gasteiger partial charge in [0, 0.05) is 19.5 Å². The molecule has 2 atom stereocenters. The standard InChI is InChI=1S/C10H15ClN2O2/c1-7(11)10(15)13-6-4-9(14)12-5-2-3-8(12)13/h7-8H,2-6H2,1H3. The molecule has 0 aliphatic carbocycles. The first kappa shape index (κ1) is 10.7. The first-order valence-corrected chi connectivity index (χ1v) is 5.79. The maximum atomic E-state index is 11.8. The average Bonchev–Trinajstić information content (AvgIpc) is 2.66. The van der Waals surface area contributed by atoms with Crippen LogP contribution < -0.4 is 0 Å². The number of alkyl halides is 1. The van der Waals surface area contributed by atoms with Crippen LogP contribution in [0.25, 0.3) is 0 Å². The molecule has 0 bridgehead atoms. The van der Waals surface area contributed by atoms with Gasteiger partial charge in [0.15, 0.2) is 0 Å². The number of fused-ring (bicyclic) bond motifs is 1. The number of halogens is 1. The van der Waals surface area contributed by atoms with Crippen molar-refractivity contribution in [1.29, 1.82) is 0 Å². The monoisotopic (exact) mass is 230 g/mol. The predicted octanol–water partition coefficient (Wildman–Crippen LogP) is 0.794. The van der Waals surface area contributed by atoms with Gasteiger partial charge >= 0.3 is 0 Å². The van der Waals surface area contributed by atoms with Crippen LogP contribution in [0, 0.1) is 0 Å². The minimum Gasteiger partial charge on any atom is -0.322 e. The normalized spacial score (nSPS) is 27.9.